The molecule has 0 radical (unpaired) electrons. The summed E-state index contributed by atoms with van der Waals surface area (Å²) in [6.45, 7) is -0.435. The standard InChI is InChI=1S/C17H16FNO5/c18-9-1-3-10(4-2-9)19-13(20)7-23-16(21)14-8-5-11-12(6-8)24-17(22)15(11)14/h1-4,8,11-12,14-15H,5-7H2,(H,19,20)/t8-,11+,12-,14-,15+/m1/s1. The average molecular weight is 333 g/mol. The summed E-state index contributed by atoms with van der Waals surface area (Å²) in [5.41, 5.74) is 0.416. The molecule has 6 nitrogen and oxygen atoms in total. The van der Waals surface area contributed by atoms with Crippen molar-refractivity contribution in [2.75, 3.05) is 11.9 Å². The summed E-state index contributed by atoms with van der Waals surface area (Å²) in [4.78, 5) is 36.0. The largest absolute Gasteiger partial charge is 0.462 e. The van der Waals surface area contributed by atoms with Crippen molar-refractivity contribution in [3.8, 4) is 0 Å². The van der Waals surface area contributed by atoms with Crippen LogP contribution in [0.1, 0.15) is 12.8 Å². The highest BCUT2D eigenvalue weighted by molar-refractivity contribution is 5.93. The number of fused-ring (bicyclic) bond motifs is 1. The van der Waals surface area contributed by atoms with Crippen LogP contribution >= 0.6 is 0 Å². The number of halogens is 1. The van der Waals surface area contributed by atoms with Crippen molar-refractivity contribution in [3.63, 3.8) is 0 Å². The molecule has 3 fully saturated rings. The first-order chi connectivity index (χ1) is 11.5. The zero-order valence-electron chi connectivity index (χ0n) is 12.7. The van der Waals surface area contributed by atoms with Crippen molar-refractivity contribution in [2.24, 2.45) is 23.7 Å². The molecule has 5 atom stereocenters. The Labute approximate surface area is 137 Å². The SMILES string of the molecule is O=C(COC(=O)[C@@H]1[C@@H]2C[C@@H]3[C@@H]1C(=O)O[C@@H]3C2)Nc1ccc(F)cc1. The second-order valence-corrected chi connectivity index (χ2v) is 6.59. The molecule has 3 aliphatic rings. The Hall–Kier alpha value is -2.44. The van der Waals surface area contributed by atoms with Crippen LogP contribution in [-0.2, 0) is 23.9 Å². The van der Waals surface area contributed by atoms with Crippen LogP contribution in [-0.4, -0.2) is 30.6 Å². The fourth-order valence-corrected chi connectivity index (χ4v) is 4.29. The first-order valence-electron chi connectivity index (χ1n) is 7.95. The average Bonchev–Trinajstić information content (AvgIpc) is 3.16. The van der Waals surface area contributed by atoms with E-state index in [0.717, 1.165) is 6.42 Å². The second-order valence-electron chi connectivity index (χ2n) is 6.59. The minimum absolute atomic E-state index is 0.0432. The summed E-state index contributed by atoms with van der Waals surface area (Å²) < 4.78 is 23.2. The van der Waals surface area contributed by atoms with Crippen LogP contribution in [0.4, 0.5) is 10.1 Å². The van der Waals surface area contributed by atoms with Gasteiger partial charge in [-0.25, -0.2) is 4.39 Å². The van der Waals surface area contributed by atoms with Crippen molar-refractivity contribution < 1.29 is 28.2 Å². The smallest absolute Gasteiger partial charge is 0.310 e. The number of hydrogen-bond acceptors (Lipinski definition) is 5. The highest BCUT2D eigenvalue weighted by Gasteiger charge is 2.64. The van der Waals surface area contributed by atoms with E-state index in [4.69, 9.17) is 9.47 Å². The van der Waals surface area contributed by atoms with Crippen LogP contribution in [0.3, 0.4) is 0 Å². The summed E-state index contributed by atoms with van der Waals surface area (Å²) in [5.74, 6) is -2.44. The number of carbonyl (C=O) groups excluding carboxylic acids is 3. The zero-order valence-corrected chi connectivity index (χ0v) is 12.7. The van der Waals surface area contributed by atoms with E-state index >= 15 is 0 Å². The minimum Gasteiger partial charge on any atom is -0.462 e. The normalized spacial score (nSPS) is 32.5. The number of esters is 2. The third kappa shape index (κ3) is 2.44. The van der Waals surface area contributed by atoms with Gasteiger partial charge in [-0.05, 0) is 43.0 Å². The molecule has 2 saturated carbocycles. The molecule has 7 heteroatoms. The summed E-state index contributed by atoms with van der Waals surface area (Å²) in [6.07, 6.45) is 1.47. The third-order valence-corrected chi connectivity index (χ3v) is 5.23. The number of amides is 1. The van der Waals surface area contributed by atoms with E-state index in [0.29, 0.717) is 12.1 Å². The summed E-state index contributed by atoms with van der Waals surface area (Å²) in [5, 5.41) is 2.52. The van der Waals surface area contributed by atoms with E-state index in [1.807, 2.05) is 0 Å². The minimum atomic E-state index is -0.515. The lowest BCUT2D eigenvalue weighted by Crippen LogP contribution is -2.34. The molecule has 0 aromatic heterocycles. The first kappa shape index (κ1) is 15.1. The molecule has 0 spiro atoms. The van der Waals surface area contributed by atoms with Gasteiger partial charge in [-0.1, -0.05) is 0 Å². The van der Waals surface area contributed by atoms with E-state index < -0.39 is 36.1 Å². The van der Waals surface area contributed by atoms with Gasteiger partial charge >= 0.3 is 11.9 Å². The monoisotopic (exact) mass is 333 g/mol. The molecular formula is C17H16FNO5. The van der Waals surface area contributed by atoms with Crippen molar-refractivity contribution in [1.29, 1.82) is 0 Å². The number of benzene rings is 1. The van der Waals surface area contributed by atoms with Gasteiger partial charge in [-0.15, -0.1) is 0 Å². The molecule has 1 saturated heterocycles. The van der Waals surface area contributed by atoms with Gasteiger partial charge in [0, 0.05) is 11.6 Å². The lowest BCUT2D eigenvalue weighted by Gasteiger charge is -2.22. The van der Waals surface area contributed by atoms with Crippen LogP contribution < -0.4 is 5.32 Å². The summed E-state index contributed by atoms with van der Waals surface area (Å²) in [7, 11) is 0. The number of nitrogens with one attached hydrogen (secondary N) is 1. The Balaban J connectivity index is 1.33. The van der Waals surface area contributed by atoms with Crippen molar-refractivity contribution in [3.05, 3.63) is 30.1 Å². The molecular weight excluding hydrogens is 317 g/mol. The van der Waals surface area contributed by atoms with Gasteiger partial charge in [0.15, 0.2) is 6.61 Å². The van der Waals surface area contributed by atoms with Crippen LogP contribution in [0.5, 0.6) is 0 Å². The second kappa shape index (κ2) is 5.58. The van der Waals surface area contributed by atoms with Gasteiger partial charge in [0.05, 0.1) is 11.8 Å². The number of carbonyl (C=O) groups is 3. The van der Waals surface area contributed by atoms with E-state index in [1.165, 1.54) is 24.3 Å². The maximum absolute atomic E-state index is 12.8. The molecule has 2 bridgehead atoms. The van der Waals surface area contributed by atoms with Crippen LogP contribution in [0.25, 0.3) is 0 Å². The number of ether oxygens (including phenoxy) is 2. The van der Waals surface area contributed by atoms with Gasteiger partial charge in [0.1, 0.15) is 11.9 Å². The lowest BCUT2D eigenvalue weighted by molar-refractivity contribution is -0.157. The van der Waals surface area contributed by atoms with Gasteiger partial charge < -0.3 is 14.8 Å². The van der Waals surface area contributed by atoms with Crippen LogP contribution in [0, 0.1) is 29.5 Å². The van der Waals surface area contributed by atoms with Gasteiger partial charge in [0.25, 0.3) is 5.91 Å². The first-order valence-corrected chi connectivity index (χ1v) is 7.95. The zero-order chi connectivity index (χ0) is 16.8. The fourth-order valence-electron chi connectivity index (χ4n) is 4.29. The van der Waals surface area contributed by atoms with Crippen molar-refractivity contribution in [1.82, 2.24) is 0 Å². The van der Waals surface area contributed by atoms with E-state index in [-0.39, 0.29) is 23.9 Å². The highest BCUT2D eigenvalue weighted by Crippen LogP contribution is 2.57. The van der Waals surface area contributed by atoms with E-state index in [1.54, 1.807) is 0 Å². The molecule has 1 heterocycles. The topological polar surface area (TPSA) is 81.7 Å². The summed E-state index contributed by atoms with van der Waals surface area (Å²) in [6, 6.07) is 5.28. The molecule has 0 unspecified atom stereocenters. The quantitative estimate of drug-likeness (QED) is 0.845. The molecule has 1 amide bonds. The third-order valence-electron chi connectivity index (χ3n) is 5.23. The predicted molar refractivity (Wildman–Crippen MR) is 79.1 cm³/mol. The Morgan fingerprint density at radius 1 is 1.25 bits per heavy atom. The van der Waals surface area contributed by atoms with Crippen LogP contribution in [0.15, 0.2) is 24.3 Å². The van der Waals surface area contributed by atoms with Crippen molar-refractivity contribution >= 4 is 23.5 Å². The predicted octanol–water partition coefficient (Wildman–Crippen LogP) is 1.50. The van der Waals surface area contributed by atoms with Crippen LogP contribution in [0.2, 0.25) is 0 Å². The molecule has 126 valence electrons. The molecule has 4 rings (SSSR count). The van der Waals surface area contributed by atoms with E-state index in [9.17, 15) is 18.8 Å². The van der Waals surface area contributed by atoms with Gasteiger partial charge in [0.2, 0.25) is 0 Å². The Morgan fingerprint density at radius 3 is 2.75 bits per heavy atom. The molecule has 1 aromatic carbocycles. The van der Waals surface area contributed by atoms with Gasteiger partial charge in [-0.3, -0.25) is 14.4 Å². The molecule has 2 aliphatic carbocycles. The number of anilines is 1. The maximum atomic E-state index is 12.8. The maximum Gasteiger partial charge on any atom is 0.310 e. The Bertz CT molecular complexity index is 701. The van der Waals surface area contributed by atoms with E-state index in [2.05, 4.69) is 5.32 Å². The Morgan fingerprint density at radius 2 is 2.00 bits per heavy atom. The molecule has 1 aliphatic heterocycles. The molecule has 24 heavy (non-hydrogen) atoms. The number of hydrogen-bond donors (Lipinski definition) is 1. The highest BCUT2D eigenvalue weighted by atomic mass is 19.1. The fraction of sp³-hybridized carbons (Fsp3) is 0.471. The Kier molecular flexibility index (Phi) is 3.51. The van der Waals surface area contributed by atoms with Gasteiger partial charge in [-0.2, -0.15) is 0 Å². The van der Waals surface area contributed by atoms with Crippen molar-refractivity contribution in [2.45, 2.75) is 18.9 Å². The summed E-state index contributed by atoms with van der Waals surface area (Å²) >= 11 is 0. The lowest BCUT2D eigenvalue weighted by atomic mass is 9.80. The molecule has 1 aromatic rings. The molecule has 1 N–H and O–H groups in total. The number of rotatable bonds is 4.